The molecule has 0 unspecified atom stereocenters. The van der Waals surface area contributed by atoms with Crippen LogP contribution in [0, 0.1) is 0 Å². The van der Waals surface area contributed by atoms with E-state index in [9.17, 15) is 0 Å². The Morgan fingerprint density at radius 1 is 1.12 bits per heavy atom. The van der Waals surface area contributed by atoms with Gasteiger partial charge in [0.05, 0.1) is 12.1 Å². The SMILES string of the molecule is CCCN(C)Cc1nc(Nc2ccc(C(C)C)cc2)c2ccc(C/C(C)=C\C=C/N)cc2n1. The second-order valence-electron chi connectivity index (χ2n) is 9.05. The standard InChI is InChI=1S/C28H37N5/c1-6-16-33(5)19-27-31-26-18-22(17-21(4)8-7-15-29)9-14-25(26)28(32-27)30-24-12-10-23(11-13-24)20(2)3/h7-15,18,20H,6,16-17,19,29H2,1-5H3,(H,30,31,32)/b15-7-,21-8-. The van der Waals surface area contributed by atoms with Crippen LogP contribution < -0.4 is 11.1 Å². The lowest BCUT2D eigenvalue weighted by molar-refractivity contribution is 0.319. The first-order valence-corrected chi connectivity index (χ1v) is 11.8. The molecule has 0 fully saturated rings. The van der Waals surface area contributed by atoms with E-state index in [1.807, 2.05) is 12.2 Å². The Hall–Kier alpha value is -3.18. The lowest BCUT2D eigenvalue weighted by atomic mass is 10.0. The largest absolute Gasteiger partial charge is 0.405 e. The number of nitrogens with one attached hydrogen (secondary N) is 1. The summed E-state index contributed by atoms with van der Waals surface area (Å²) in [6, 6.07) is 15.1. The molecular weight excluding hydrogens is 406 g/mol. The maximum atomic E-state index is 5.47. The van der Waals surface area contributed by atoms with Gasteiger partial charge in [-0.3, -0.25) is 4.90 Å². The summed E-state index contributed by atoms with van der Waals surface area (Å²) in [7, 11) is 2.12. The van der Waals surface area contributed by atoms with Gasteiger partial charge in [-0.2, -0.15) is 0 Å². The lowest BCUT2D eigenvalue weighted by Gasteiger charge is -2.17. The fraction of sp³-hybridized carbons (Fsp3) is 0.357. The molecule has 1 aromatic heterocycles. The van der Waals surface area contributed by atoms with Gasteiger partial charge in [0.15, 0.2) is 0 Å². The highest BCUT2D eigenvalue weighted by Crippen LogP contribution is 2.27. The van der Waals surface area contributed by atoms with Gasteiger partial charge in [0.1, 0.15) is 11.6 Å². The summed E-state index contributed by atoms with van der Waals surface area (Å²) in [5, 5.41) is 4.57. The first kappa shape index (κ1) is 24.5. The normalized spacial score (nSPS) is 12.4. The zero-order chi connectivity index (χ0) is 23.8. The molecule has 2 aromatic carbocycles. The molecule has 0 bridgehead atoms. The van der Waals surface area contributed by atoms with Gasteiger partial charge in [0.2, 0.25) is 0 Å². The van der Waals surface area contributed by atoms with Crippen LogP contribution in [-0.2, 0) is 13.0 Å². The molecule has 1 heterocycles. The maximum Gasteiger partial charge on any atom is 0.145 e. The number of nitrogens with two attached hydrogens (primary N) is 1. The van der Waals surface area contributed by atoms with E-state index < -0.39 is 0 Å². The maximum absolute atomic E-state index is 5.47. The molecular formula is C28H37N5. The molecule has 0 radical (unpaired) electrons. The minimum absolute atomic E-state index is 0.510. The molecule has 0 saturated heterocycles. The van der Waals surface area contributed by atoms with Gasteiger partial charge in [-0.25, -0.2) is 9.97 Å². The van der Waals surface area contributed by atoms with Crippen molar-refractivity contribution in [1.82, 2.24) is 14.9 Å². The second-order valence-corrected chi connectivity index (χ2v) is 9.05. The van der Waals surface area contributed by atoms with Gasteiger partial charge in [0, 0.05) is 11.1 Å². The summed E-state index contributed by atoms with van der Waals surface area (Å²) in [5.41, 5.74) is 11.3. The van der Waals surface area contributed by atoms with Crippen molar-refractivity contribution in [3.05, 3.63) is 83.3 Å². The average Bonchev–Trinajstić information content (AvgIpc) is 2.78. The molecule has 3 N–H and O–H groups in total. The van der Waals surface area contributed by atoms with Crippen LogP contribution in [0.2, 0.25) is 0 Å². The zero-order valence-corrected chi connectivity index (χ0v) is 20.6. The molecule has 3 aromatic rings. The Kier molecular flexibility index (Phi) is 8.61. The van der Waals surface area contributed by atoms with E-state index in [4.69, 9.17) is 15.7 Å². The Labute approximate surface area is 198 Å². The van der Waals surface area contributed by atoms with Crippen molar-refractivity contribution in [3.63, 3.8) is 0 Å². The summed E-state index contributed by atoms with van der Waals surface area (Å²) in [6.45, 7) is 10.5. The van der Waals surface area contributed by atoms with Gasteiger partial charge in [-0.1, -0.05) is 50.6 Å². The highest BCUT2D eigenvalue weighted by molar-refractivity contribution is 5.91. The lowest BCUT2D eigenvalue weighted by Crippen LogP contribution is -2.20. The monoisotopic (exact) mass is 443 g/mol. The summed E-state index contributed by atoms with van der Waals surface area (Å²) in [5.74, 6) is 2.19. The number of hydrogen-bond donors (Lipinski definition) is 2. The molecule has 5 nitrogen and oxygen atoms in total. The molecule has 5 heteroatoms. The van der Waals surface area contributed by atoms with E-state index in [-0.39, 0.29) is 0 Å². The Morgan fingerprint density at radius 3 is 2.55 bits per heavy atom. The summed E-state index contributed by atoms with van der Waals surface area (Å²) < 4.78 is 0. The fourth-order valence-corrected chi connectivity index (χ4v) is 3.89. The van der Waals surface area contributed by atoms with Crippen molar-refractivity contribution >= 4 is 22.4 Å². The zero-order valence-electron chi connectivity index (χ0n) is 20.6. The highest BCUT2D eigenvalue weighted by atomic mass is 15.1. The van der Waals surface area contributed by atoms with Gasteiger partial charge in [0.25, 0.3) is 0 Å². The minimum atomic E-state index is 0.510. The number of hydrogen-bond acceptors (Lipinski definition) is 5. The van der Waals surface area contributed by atoms with Crippen molar-refractivity contribution in [2.75, 3.05) is 18.9 Å². The number of nitrogens with zero attached hydrogens (tertiary/aromatic N) is 3. The Morgan fingerprint density at radius 2 is 1.88 bits per heavy atom. The molecule has 33 heavy (non-hydrogen) atoms. The van der Waals surface area contributed by atoms with Crippen LogP contribution in [0.1, 0.15) is 57.0 Å². The predicted octanol–water partition coefficient (Wildman–Crippen LogP) is 6.30. The molecule has 0 aliphatic rings. The summed E-state index contributed by atoms with van der Waals surface area (Å²) in [6.07, 6.45) is 7.43. The second kappa shape index (κ2) is 11.6. The van der Waals surface area contributed by atoms with Crippen molar-refractivity contribution in [2.24, 2.45) is 5.73 Å². The van der Waals surface area contributed by atoms with E-state index >= 15 is 0 Å². The highest BCUT2D eigenvalue weighted by Gasteiger charge is 2.11. The van der Waals surface area contributed by atoms with Crippen molar-refractivity contribution in [2.45, 2.75) is 53.0 Å². The van der Waals surface area contributed by atoms with E-state index in [0.717, 1.165) is 54.2 Å². The molecule has 3 rings (SSSR count). The first-order chi connectivity index (χ1) is 15.9. The third kappa shape index (κ3) is 6.90. The number of fused-ring (bicyclic) bond motifs is 1. The van der Waals surface area contributed by atoms with Crippen LogP contribution in [0.4, 0.5) is 11.5 Å². The van der Waals surface area contributed by atoms with E-state index in [2.05, 4.69) is 87.4 Å². The minimum Gasteiger partial charge on any atom is -0.405 e. The fourth-order valence-electron chi connectivity index (χ4n) is 3.89. The van der Waals surface area contributed by atoms with Gasteiger partial charge >= 0.3 is 0 Å². The van der Waals surface area contributed by atoms with E-state index in [1.54, 1.807) is 6.20 Å². The number of aromatic nitrogens is 2. The van der Waals surface area contributed by atoms with Crippen molar-refractivity contribution < 1.29 is 0 Å². The molecule has 0 atom stereocenters. The Balaban J connectivity index is 1.98. The molecule has 0 aliphatic carbocycles. The molecule has 0 aliphatic heterocycles. The molecule has 174 valence electrons. The summed E-state index contributed by atoms with van der Waals surface area (Å²) in [4.78, 5) is 12.1. The van der Waals surface area contributed by atoms with Crippen LogP contribution >= 0.6 is 0 Å². The van der Waals surface area contributed by atoms with Crippen LogP contribution in [0.5, 0.6) is 0 Å². The van der Waals surface area contributed by atoms with Crippen LogP contribution in [0.25, 0.3) is 10.9 Å². The van der Waals surface area contributed by atoms with Crippen LogP contribution in [0.15, 0.2) is 66.4 Å². The third-order valence-corrected chi connectivity index (χ3v) is 5.64. The summed E-state index contributed by atoms with van der Waals surface area (Å²) >= 11 is 0. The average molecular weight is 444 g/mol. The molecule has 0 amide bonds. The Bertz CT molecular complexity index is 1110. The number of allylic oxidation sites excluding steroid dienone is 3. The van der Waals surface area contributed by atoms with Crippen molar-refractivity contribution in [3.8, 4) is 0 Å². The van der Waals surface area contributed by atoms with Gasteiger partial charge in [-0.05, 0) is 86.9 Å². The van der Waals surface area contributed by atoms with Gasteiger partial charge < -0.3 is 11.1 Å². The van der Waals surface area contributed by atoms with Crippen LogP contribution in [-0.4, -0.2) is 28.5 Å². The number of benzene rings is 2. The molecule has 0 spiro atoms. The van der Waals surface area contributed by atoms with E-state index in [0.29, 0.717) is 5.92 Å². The van der Waals surface area contributed by atoms with Gasteiger partial charge in [-0.15, -0.1) is 0 Å². The quantitative estimate of drug-likeness (QED) is 0.360. The predicted molar refractivity (Wildman–Crippen MR) is 141 cm³/mol. The first-order valence-electron chi connectivity index (χ1n) is 11.8. The van der Waals surface area contributed by atoms with Crippen molar-refractivity contribution in [1.29, 1.82) is 0 Å². The van der Waals surface area contributed by atoms with Crippen LogP contribution in [0.3, 0.4) is 0 Å². The number of anilines is 2. The topological polar surface area (TPSA) is 67.1 Å². The third-order valence-electron chi connectivity index (χ3n) is 5.64. The van der Waals surface area contributed by atoms with E-state index in [1.165, 1.54) is 16.7 Å². The number of rotatable bonds is 10. The molecule has 0 saturated carbocycles. The smallest absolute Gasteiger partial charge is 0.145 e.